The van der Waals surface area contributed by atoms with Crippen molar-refractivity contribution in [3.05, 3.63) is 0 Å². The van der Waals surface area contributed by atoms with Crippen molar-refractivity contribution in [1.29, 1.82) is 5.26 Å². The normalized spacial score (nSPS) is 22.2. The van der Waals surface area contributed by atoms with Crippen LogP contribution < -0.4 is 5.32 Å². The first-order valence-electron chi connectivity index (χ1n) is 7.21. The van der Waals surface area contributed by atoms with Gasteiger partial charge in [-0.2, -0.15) is 5.26 Å². The van der Waals surface area contributed by atoms with Crippen molar-refractivity contribution < 1.29 is 9.59 Å². The van der Waals surface area contributed by atoms with E-state index in [1.807, 2.05) is 0 Å². The Kier molecular flexibility index (Phi) is 4.41. The second-order valence-corrected chi connectivity index (χ2v) is 5.47. The Hall–Kier alpha value is -1.57. The number of hydrogen-bond donors (Lipinski definition) is 1. The summed E-state index contributed by atoms with van der Waals surface area (Å²) in [6.45, 7) is 0.583. The first-order valence-corrected chi connectivity index (χ1v) is 7.21. The molecule has 2 aliphatic rings. The van der Waals surface area contributed by atoms with Crippen LogP contribution in [0.5, 0.6) is 0 Å². The summed E-state index contributed by atoms with van der Waals surface area (Å²) in [7, 11) is 0. The molecule has 2 rings (SSSR count). The van der Waals surface area contributed by atoms with E-state index in [0.717, 1.165) is 51.4 Å². The molecule has 1 N–H and O–H groups in total. The highest BCUT2D eigenvalue weighted by molar-refractivity contribution is 6.07. The lowest BCUT2D eigenvalue weighted by Gasteiger charge is -2.34. The third-order valence-electron chi connectivity index (χ3n) is 4.26. The minimum Gasteiger partial charge on any atom is -0.310 e. The van der Waals surface area contributed by atoms with E-state index >= 15 is 0 Å². The van der Waals surface area contributed by atoms with E-state index in [0.29, 0.717) is 13.0 Å². The number of carbonyl (C=O) groups excluding carboxylic acids is 2. The van der Waals surface area contributed by atoms with Crippen LogP contribution in [0.1, 0.15) is 57.8 Å². The van der Waals surface area contributed by atoms with E-state index in [-0.39, 0.29) is 11.9 Å². The van der Waals surface area contributed by atoms with Gasteiger partial charge in [0, 0.05) is 13.0 Å². The lowest BCUT2D eigenvalue weighted by atomic mass is 9.88. The van der Waals surface area contributed by atoms with Crippen LogP contribution in [0.4, 0.5) is 4.79 Å². The minimum absolute atomic E-state index is 0.111. The number of nitrogens with one attached hydrogen (secondary N) is 1. The smallest absolute Gasteiger partial charge is 0.310 e. The molecule has 0 atom stereocenters. The number of hydrogen-bond acceptors (Lipinski definition) is 3. The molecule has 2 fully saturated rings. The monoisotopic (exact) mass is 263 g/mol. The SMILES string of the molecule is N#CCCCCN1C(=O)NC(=O)C12CCCCCC2. The molecule has 0 bridgehead atoms. The molecule has 1 heterocycles. The van der Waals surface area contributed by atoms with E-state index in [9.17, 15) is 9.59 Å². The number of amides is 3. The van der Waals surface area contributed by atoms with Crippen LogP contribution in [0, 0.1) is 11.3 Å². The summed E-state index contributed by atoms with van der Waals surface area (Å²) in [5.41, 5.74) is -0.597. The lowest BCUT2D eigenvalue weighted by Crippen LogP contribution is -2.49. The summed E-state index contributed by atoms with van der Waals surface area (Å²) >= 11 is 0. The van der Waals surface area contributed by atoms with Crippen molar-refractivity contribution in [2.45, 2.75) is 63.3 Å². The van der Waals surface area contributed by atoms with Gasteiger partial charge in [0.2, 0.25) is 0 Å². The van der Waals surface area contributed by atoms with Gasteiger partial charge in [-0.15, -0.1) is 0 Å². The van der Waals surface area contributed by atoms with Gasteiger partial charge in [-0.25, -0.2) is 4.79 Å². The van der Waals surface area contributed by atoms with E-state index in [4.69, 9.17) is 5.26 Å². The first kappa shape index (κ1) is 13.9. The first-order chi connectivity index (χ1) is 9.20. The molecule has 0 aromatic carbocycles. The molecule has 104 valence electrons. The Balaban J connectivity index is 2.06. The number of nitrogens with zero attached hydrogens (tertiary/aromatic N) is 2. The average Bonchev–Trinajstić information content (AvgIpc) is 2.60. The predicted molar refractivity (Wildman–Crippen MR) is 70.1 cm³/mol. The molecule has 5 nitrogen and oxygen atoms in total. The van der Waals surface area contributed by atoms with Gasteiger partial charge in [-0.05, 0) is 25.7 Å². The topological polar surface area (TPSA) is 73.2 Å². The Labute approximate surface area is 113 Å². The van der Waals surface area contributed by atoms with Crippen molar-refractivity contribution in [3.63, 3.8) is 0 Å². The van der Waals surface area contributed by atoms with Gasteiger partial charge < -0.3 is 4.90 Å². The average molecular weight is 263 g/mol. The highest BCUT2D eigenvalue weighted by Crippen LogP contribution is 2.36. The largest absolute Gasteiger partial charge is 0.325 e. The van der Waals surface area contributed by atoms with Crippen LogP contribution in [0.2, 0.25) is 0 Å². The van der Waals surface area contributed by atoms with Crippen molar-refractivity contribution in [3.8, 4) is 6.07 Å². The molecule has 1 aliphatic heterocycles. The van der Waals surface area contributed by atoms with E-state index in [2.05, 4.69) is 11.4 Å². The third-order valence-corrected chi connectivity index (χ3v) is 4.26. The Morgan fingerprint density at radius 1 is 1.16 bits per heavy atom. The van der Waals surface area contributed by atoms with Crippen molar-refractivity contribution in [1.82, 2.24) is 10.2 Å². The fourth-order valence-corrected chi connectivity index (χ4v) is 3.20. The van der Waals surface area contributed by atoms with Crippen LogP contribution in [0.3, 0.4) is 0 Å². The van der Waals surface area contributed by atoms with E-state index in [1.54, 1.807) is 4.90 Å². The fraction of sp³-hybridized carbons (Fsp3) is 0.786. The molecule has 0 radical (unpaired) electrons. The van der Waals surface area contributed by atoms with Gasteiger partial charge in [0.05, 0.1) is 6.07 Å². The third kappa shape index (κ3) is 2.73. The van der Waals surface area contributed by atoms with Crippen molar-refractivity contribution in [2.24, 2.45) is 0 Å². The number of carbonyl (C=O) groups is 2. The van der Waals surface area contributed by atoms with Gasteiger partial charge in [-0.3, -0.25) is 10.1 Å². The molecular weight excluding hydrogens is 242 g/mol. The van der Waals surface area contributed by atoms with Crippen LogP contribution in [0.25, 0.3) is 0 Å². The Morgan fingerprint density at radius 3 is 2.47 bits per heavy atom. The number of urea groups is 1. The van der Waals surface area contributed by atoms with Gasteiger partial charge in [0.1, 0.15) is 5.54 Å². The van der Waals surface area contributed by atoms with Crippen LogP contribution >= 0.6 is 0 Å². The van der Waals surface area contributed by atoms with Gasteiger partial charge in [-0.1, -0.05) is 25.7 Å². The molecule has 0 aromatic heterocycles. The molecule has 1 saturated heterocycles. The summed E-state index contributed by atoms with van der Waals surface area (Å²) in [5, 5.41) is 11.0. The molecule has 3 amide bonds. The maximum Gasteiger partial charge on any atom is 0.325 e. The quantitative estimate of drug-likeness (QED) is 0.625. The zero-order valence-electron chi connectivity index (χ0n) is 11.3. The predicted octanol–water partition coefficient (Wildman–Crippen LogP) is 2.33. The zero-order valence-corrected chi connectivity index (χ0v) is 11.3. The fourth-order valence-electron chi connectivity index (χ4n) is 3.20. The molecule has 5 heteroatoms. The van der Waals surface area contributed by atoms with Crippen LogP contribution in [0.15, 0.2) is 0 Å². The molecular formula is C14H21N3O2. The minimum atomic E-state index is -0.597. The molecule has 1 spiro atoms. The molecule has 0 aromatic rings. The van der Waals surface area contributed by atoms with Crippen molar-refractivity contribution in [2.75, 3.05) is 6.54 Å². The second-order valence-electron chi connectivity index (χ2n) is 5.47. The van der Waals surface area contributed by atoms with Crippen molar-refractivity contribution >= 4 is 11.9 Å². The number of nitriles is 1. The number of rotatable bonds is 4. The van der Waals surface area contributed by atoms with Crippen LogP contribution in [-0.2, 0) is 4.79 Å². The van der Waals surface area contributed by atoms with Crippen LogP contribution in [-0.4, -0.2) is 28.9 Å². The summed E-state index contributed by atoms with van der Waals surface area (Å²) in [6.07, 6.45) is 7.95. The lowest BCUT2D eigenvalue weighted by molar-refractivity contribution is -0.127. The van der Waals surface area contributed by atoms with E-state index < -0.39 is 5.54 Å². The zero-order chi connectivity index (χ0) is 13.7. The molecule has 19 heavy (non-hydrogen) atoms. The summed E-state index contributed by atoms with van der Waals surface area (Å²) in [6, 6.07) is 1.86. The van der Waals surface area contributed by atoms with Gasteiger partial charge in [0.25, 0.3) is 5.91 Å². The Morgan fingerprint density at radius 2 is 1.84 bits per heavy atom. The molecule has 1 aliphatic carbocycles. The maximum absolute atomic E-state index is 12.2. The van der Waals surface area contributed by atoms with E-state index in [1.165, 1.54) is 0 Å². The summed E-state index contributed by atoms with van der Waals surface area (Å²) in [4.78, 5) is 25.9. The highest BCUT2D eigenvalue weighted by atomic mass is 16.2. The molecule has 1 saturated carbocycles. The highest BCUT2D eigenvalue weighted by Gasteiger charge is 2.51. The molecule has 0 unspecified atom stereocenters. The summed E-state index contributed by atoms with van der Waals surface area (Å²) < 4.78 is 0. The standard InChI is InChI=1S/C14H21N3O2/c15-10-6-3-7-11-17-13(19)16-12(18)14(17)8-4-1-2-5-9-14/h1-9,11H2,(H,16,18,19). The van der Waals surface area contributed by atoms with Gasteiger partial charge >= 0.3 is 6.03 Å². The Bertz CT molecular complexity index is 392. The summed E-state index contributed by atoms with van der Waals surface area (Å²) in [5.74, 6) is -0.111. The second kappa shape index (κ2) is 6.05. The van der Waals surface area contributed by atoms with Gasteiger partial charge in [0.15, 0.2) is 0 Å². The number of unbranched alkanes of at least 4 members (excludes halogenated alkanes) is 2. The maximum atomic E-state index is 12.2. The number of imide groups is 1.